The fourth-order valence-electron chi connectivity index (χ4n) is 2.91. The van der Waals surface area contributed by atoms with E-state index < -0.39 is 5.60 Å². The minimum atomic E-state index is -0.506. The second kappa shape index (κ2) is 5.31. The molecule has 1 aliphatic heterocycles. The van der Waals surface area contributed by atoms with E-state index in [1.807, 2.05) is 20.8 Å². The first-order chi connectivity index (χ1) is 10.3. The van der Waals surface area contributed by atoms with Gasteiger partial charge in [0.05, 0.1) is 22.3 Å². The van der Waals surface area contributed by atoms with Gasteiger partial charge in [0.1, 0.15) is 11.7 Å². The third-order valence-electron chi connectivity index (χ3n) is 4.01. The minimum absolute atomic E-state index is 0.312. The minimum Gasteiger partial charge on any atom is -0.444 e. The number of aromatic nitrogens is 1. The van der Waals surface area contributed by atoms with Gasteiger partial charge >= 0.3 is 6.09 Å². The first-order valence-corrected chi connectivity index (χ1v) is 8.40. The van der Waals surface area contributed by atoms with Crippen molar-refractivity contribution in [3.8, 4) is 6.07 Å². The van der Waals surface area contributed by atoms with E-state index >= 15 is 0 Å². The molecular weight excluding hydrogens is 346 g/mol. The van der Waals surface area contributed by atoms with E-state index in [1.54, 1.807) is 4.90 Å². The molecule has 1 amide bonds. The Morgan fingerprint density at radius 1 is 1.36 bits per heavy atom. The van der Waals surface area contributed by atoms with Crippen LogP contribution in [0.3, 0.4) is 0 Å². The molecule has 0 saturated heterocycles. The van der Waals surface area contributed by atoms with E-state index in [4.69, 9.17) is 4.74 Å². The van der Waals surface area contributed by atoms with Crippen molar-refractivity contribution in [2.24, 2.45) is 0 Å². The molecular formula is C16H20BrN3O2. The number of halogens is 1. The van der Waals surface area contributed by atoms with Crippen molar-refractivity contribution >= 4 is 22.0 Å². The number of ether oxygens (including phenoxy) is 1. The summed E-state index contributed by atoms with van der Waals surface area (Å²) in [6.07, 6.45) is 2.05. The van der Waals surface area contributed by atoms with Gasteiger partial charge in [-0.3, -0.25) is 0 Å². The molecule has 22 heavy (non-hydrogen) atoms. The van der Waals surface area contributed by atoms with Crippen LogP contribution >= 0.6 is 15.9 Å². The highest BCUT2D eigenvalue weighted by Gasteiger charge is 2.36. The summed E-state index contributed by atoms with van der Waals surface area (Å²) in [4.78, 5) is 13.9. The molecule has 1 saturated carbocycles. The molecule has 0 bridgehead atoms. The number of nitrogens with zero attached hydrogens (tertiary/aromatic N) is 3. The van der Waals surface area contributed by atoms with Crippen molar-refractivity contribution < 1.29 is 9.53 Å². The van der Waals surface area contributed by atoms with Crippen LogP contribution in [0.5, 0.6) is 0 Å². The zero-order valence-electron chi connectivity index (χ0n) is 13.1. The number of hydrogen-bond acceptors (Lipinski definition) is 3. The van der Waals surface area contributed by atoms with Gasteiger partial charge in [-0.05, 0) is 49.5 Å². The fraction of sp³-hybridized carbons (Fsp3) is 0.625. The van der Waals surface area contributed by atoms with E-state index in [0.717, 1.165) is 16.7 Å². The Morgan fingerprint density at radius 2 is 2.05 bits per heavy atom. The Labute approximate surface area is 139 Å². The van der Waals surface area contributed by atoms with Crippen molar-refractivity contribution in [1.29, 1.82) is 5.26 Å². The van der Waals surface area contributed by atoms with Gasteiger partial charge in [-0.15, -0.1) is 0 Å². The van der Waals surface area contributed by atoms with Crippen LogP contribution in [0.25, 0.3) is 0 Å². The standard InChI is InChI=1S/C16H20BrN3O2/c1-16(2,3)22-15(21)19-6-7-20-12(9-19)11(8-18)13(17)14(20)10-4-5-10/h10H,4-7,9H2,1-3H3. The molecule has 0 unspecified atom stereocenters. The lowest BCUT2D eigenvalue weighted by molar-refractivity contribution is 0.0198. The predicted molar refractivity (Wildman–Crippen MR) is 85.5 cm³/mol. The summed E-state index contributed by atoms with van der Waals surface area (Å²) in [5.41, 5.74) is 2.31. The zero-order valence-corrected chi connectivity index (χ0v) is 14.7. The van der Waals surface area contributed by atoms with Crippen molar-refractivity contribution in [3.05, 3.63) is 21.4 Å². The summed E-state index contributed by atoms with van der Waals surface area (Å²) in [5.74, 6) is 0.559. The maximum atomic E-state index is 12.3. The zero-order chi connectivity index (χ0) is 16.1. The summed E-state index contributed by atoms with van der Waals surface area (Å²) in [6, 6.07) is 2.29. The summed E-state index contributed by atoms with van der Waals surface area (Å²) in [7, 11) is 0. The monoisotopic (exact) mass is 365 g/mol. The van der Waals surface area contributed by atoms with Gasteiger partial charge < -0.3 is 14.2 Å². The highest BCUT2D eigenvalue weighted by Crippen LogP contribution is 2.46. The number of carbonyl (C=O) groups excluding carboxylic acids is 1. The average Bonchev–Trinajstić information content (AvgIpc) is 3.20. The van der Waals surface area contributed by atoms with Gasteiger partial charge in [0.15, 0.2) is 0 Å². The maximum absolute atomic E-state index is 12.3. The molecule has 0 spiro atoms. The third kappa shape index (κ3) is 2.74. The van der Waals surface area contributed by atoms with E-state index in [9.17, 15) is 10.1 Å². The molecule has 2 aliphatic rings. The maximum Gasteiger partial charge on any atom is 0.410 e. The van der Waals surface area contributed by atoms with Gasteiger partial charge in [0.2, 0.25) is 0 Å². The van der Waals surface area contributed by atoms with Crippen molar-refractivity contribution in [3.63, 3.8) is 0 Å². The predicted octanol–water partition coefficient (Wildman–Crippen LogP) is 3.75. The molecule has 0 aromatic carbocycles. The van der Waals surface area contributed by atoms with Crippen LogP contribution in [0.1, 0.15) is 56.5 Å². The summed E-state index contributed by atoms with van der Waals surface area (Å²) in [6.45, 7) is 7.36. The van der Waals surface area contributed by atoms with Gasteiger partial charge in [-0.1, -0.05) is 0 Å². The summed E-state index contributed by atoms with van der Waals surface area (Å²) >= 11 is 3.59. The lowest BCUT2D eigenvalue weighted by Gasteiger charge is -2.31. The summed E-state index contributed by atoms with van der Waals surface area (Å²) < 4.78 is 8.58. The van der Waals surface area contributed by atoms with Crippen molar-refractivity contribution in [2.75, 3.05) is 6.54 Å². The number of hydrogen-bond donors (Lipinski definition) is 0. The highest BCUT2D eigenvalue weighted by molar-refractivity contribution is 9.10. The Hall–Kier alpha value is -1.48. The molecule has 0 N–H and O–H groups in total. The van der Waals surface area contributed by atoms with Crippen molar-refractivity contribution in [1.82, 2.24) is 9.47 Å². The number of fused-ring (bicyclic) bond motifs is 1. The van der Waals surface area contributed by atoms with Crippen LogP contribution in [0.15, 0.2) is 4.47 Å². The highest BCUT2D eigenvalue weighted by atomic mass is 79.9. The van der Waals surface area contributed by atoms with Crippen LogP contribution in [-0.2, 0) is 17.8 Å². The average molecular weight is 366 g/mol. The second-order valence-corrected chi connectivity index (χ2v) is 7.75. The molecule has 3 rings (SSSR count). The molecule has 1 fully saturated rings. The topological polar surface area (TPSA) is 58.3 Å². The largest absolute Gasteiger partial charge is 0.444 e. The second-order valence-electron chi connectivity index (χ2n) is 6.96. The first kappa shape index (κ1) is 15.4. The first-order valence-electron chi connectivity index (χ1n) is 7.60. The molecule has 6 heteroatoms. The number of nitriles is 1. The van der Waals surface area contributed by atoms with Gasteiger partial charge in [-0.2, -0.15) is 5.26 Å². The molecule has 1 aromatic heterocycles. The number of carbonyl (C=O) groups is 1. The quantitative estimate of drug-likeness (QED) is 0.761. The van der Waals surface area contributed by atoms with E-state index in [2.05, 4.69) is 26.6 Å². The Kier molecular flexibility index (Phi) is 3.72. The van der Waals surface area contributed by atoms with E-state index in [1.165, 1.54) is 18.5 Å². The Bertz CT molecular complexity index is 662. The molecule has 1 aliphatic carbocycles. The Balaban J connectivity index is 1.88. The number of rotatable bonds is 1. The van der Waals surface area contributed by atoms with E-state index in [-0.39, 0.29) is 6.09 Å². The normalized spacial score (nSPS) is 17.9. The molecule has 118 valence electrons. The lowest BCUT2D eigenvalue weighted by Crippen LogP contribution is -2.41. The van der Waals surface area contributed by atoms with Gasteiger partial charge in [0, 0.05) is 24.7 Å². The van der Waals surface area contributed by atoms with Crippen LogP contribution in [-0.4, -0.2) is 27.7 Å². The number of amides is 1. The molecule has 0 radical (unpaired) electrons. The molecule has 2 heterocycles. The SMILES string of the molecule is CC(C)(C)OC(=O)N1CCn2c(c(C#N)c(Br)c2C2CC2)C1. The van der Waals surface area contributed by atoms with Gasteiger partial charge in [0.25, 0.3) is 0 Å². The smallest absolute Gasteiger partial charge is 0.410 e. The van der Waals surface area contributed by atoms with Crippen LogP contribution in [0, 0.1) is 11.3 Å². The van der Waals surface area contributed by atoms with Crippen LogP contribution in [0.4, 0.5) is 4.79 Å². The Morgan fingerprint density at radius 3 is 2.59 bits per heavy atom. The van der Waals surface area contributed by atoms with Gasteiger partial charge in [-0.25, -0.2) is 4.79 Å². The molecule has 5 nitrogen and oxygen atoms in total. The fourth-order valence-corrected chi connectivity index (χ4v) is 3.76. The lowest BCUT2D eigenvalue weighted by atomic mass is 10.2. The summed E-state index contributed by atoms with van der Waals surface area (Å²) in [5, 5.41) is 9.47. The van der Waals surface area contributed by atoms with E-state index in [0.29, 0.717) is 24.6 Å². The van der Waals surface area contributed by atoms with Crippen LogP contribution < -0.4 is 0 Å². The third-order valence-corrected chi connectivity index (χ3v) is 4.81. The molecule has 0 atom stereocenters. The van der Waals surface area contributed by atoms with Crippen LogP contribution in [0.2, 0.25) is 0 Å². The molecule has 1 aromatic rings. The van der Waals surface area contributed by atoms with Crippen molar-refractivity contribution in [2.45, 2.75) is 58.2 Å².